The summed E-state index contributed by atoms with van der Waals surface area (Å²) in [4.78, 5) is 21.5. The Morgan fingerprint density at radius 1 is 1.34 bits per heavy atom. The fraction of sp³-hybridized carbons (Fsp3) is 0.409. The largest absolute Gasteiger partial charge is 0.382 e. The number of ether oxygens (including phenoxy) is 1. The number of hydrogen-bond acceptors (Lipinski definition) is 7. The van der Waals surface area contributed by atoms with Crippen molar-refractivity contribution in [1.82, 2.24) is 25.1 Å². The third kappa shape index (κ3) is 4.84. The lowest BCUT2D eigenvalue weighted by Gasteiger charge is -2.27. The molecule has 0 aromatic carbocycles. The number of carbonyl (C=O) groups excluding carboxylic acids is 1. The number of hydrogen-bond donors (Lipinski definition) is 2. The van der Waals surface area contributed by atoms with E-state index in [1.54, 1.807) is 18.3 Å². The van der Waals surface area contributed by atoms with Gasteiger partial charge in [0, 0.05) is 36.9 Å². The molecule has 0 radical (unpaired) electrons. The average molecular weight is 443 g/mol. The minimum absolute atomic E-state index is 0.0389. The van der Waals surface area contributed by atoms with Crippen LogP contribution >= 0.6 is 0 Å². The Balaban J connectivity index is 1.85. The van der Waals surface area contributed by atoms with E-state index in [4.69, 9.17) is 14.1 Å². The third-order valence-corrected chi connectivity index (χ3v) is 4.79. The number of fused-ring (bicyclic) bond motifs is 1. The number of aromatic nitrogens is 4. The molecule has 3 aromatic rings. The summed E-state index contributed by atoms with van der Waals surface area (Å²) in [5, 5.41) is 19.7. The van der Waals surface area contributed by atoms with Crippen LogP contribution in [0.25, 0.3) is 16.9 Å². The predicted molar refractivity (Wildman–Crippen MR) is 118 cm³/mol. The molecule has 0 spiro atoms. The highest BCUT2D eigenvalue weighted by molar-refractivity contribution is 5.99. The van der Waals surface area contributed by atoms with Crippen molar-refractivity contribution in [3.63, 3.8) is 0 Å². The highest BCUT2D eigenvalue weighted by Crippen LogP contribution is 2.22. The molecule has 3 heterocycles. The van der Waals surface area contributed by atoms with E-state index in [1.165, 1.54) is 30.9 Å². The smallest absolute Gasteiger partial charge is 0.255 e. The number of amides is 1. The number of nitrogens with zero attached hydrogens (tertiary/aromatic N) is 5. The molecule has 0 aliphatic rings. The molecule has 0 fully saturated rings. The van der Waals surface area contributed by atoms with Gasteiger partial charge >= 0.3 is 0 Å². The van der Waals surface area contributed by atoms with Crippen molar-refractivity contribution in [2.24, 2.45) is 0 Å². The lowest BCUT2D eigenvalue weighted by Crippen LogP contribution is -2.43. The van der Waals surface area contributed by atoms with E-state index in [2.05, 4.69) is 25.7 Å². The fourth-order valence-electron chi connectivity index (χ4n) is 2.91. The van der Waals surface area contributed by atoms with Crippen LogP contribution in [0.1, 0.15) is 47.7 Å². The van der Waals surface area contributed by atoms with Gasteiger partial charge in [0.25, 0.3) is 5.91 Å². The van der Waals surface area contributed by atoms with Crippen molar-refractivity contribution in [3.8, 4) is 11.9 Å². The first kappa shape index (κ1) is 19.1. The number of carbonyl (C=O) groups is 1. The zero-order chi connectivity index (χ0) is 26.0. The summed E-state index contributed by atoms with van der Waals surface area (Å²) < 4.78 is 42.6. The van der Waals surface area contributed by atoms with Crippen molar-refractivity contribution < 1.29 is 18.0 Å². The highest BCUT2D eigenvalue weighted by atomic mass is 19.1. The average Bonchev–Trinajstić information content (AvgIpc) is 3.18. The van der Waals surface area contributed by atoms with E-state index in [-0.39, 0.29) is 11.6 Å². The minimum atomic E-state index is -2.77. The van der Waals surface area contributed by atoms with Gasteiger partial charge < -0.3 is 15.4 Å². The van der Waals surface area contributed by atoms with Crippen LogP contribution in [-0.2, 0) is 4.74 Å². The summed E-state index contributed by atoms with van der Waals surface area (Å²) in [6.45, 7) is 5.94. The molecule has 3 rings (SSSR count). The van der Waals surface area contributed by atoms with Crippen LogP contribution in [0.4, 0.5) is 10.1 Å². The Hall–Kier alpha value is -3.58. The van der Waals surface area contributed by atoms with Crippen molar-refractivity contribution in [3.05, 3.63) is 41.9 Å². The van der Waals surface area contributed by atoms with Crippen LogP contribution in [0.2, 0.25) is 0 Å². The lowest BCUT2D eigenvalue weighted by molar-refractivity contribution is -0.0404. The highest BCUT2D eigenvalue weighted by Gasteiger charge is 2.30. The first-order chi connectivity index (χ1) is 16.3. The Morgan fingerprint density at radius 2 is 2.12 bits per heavy atom. The summed E-state index contributed by atoms with van der Waals surface area (Å²) in [7, 11) is -2.77. The van der Waals surface area contributed by atoms with Gasteiger partial charge in [-0.3, -0.25) is 4.79 Å². The normalized spacial score (nSPS) is 14.3. The first-order valence-corrected chi connectivity index (χ1v) is 9.94. The summed E-state index contributed by atoms with van der Waals surface area (Å²) in [5.74, 6) is -0.214. The second kappa shape index (κ2) is 9.28. The van der Waals surface area contributed by atoms with Gasteiger partial charge in [0.15, 0.2) is 11.5 Å². The second-order valence-electron chi connectivity index (χ2n) is 8.08. The van der Waals surface area contributed by atoms with E-state index >= 15 is 0 Å². The first-order valence-electron chi connectivity index (χ1n) is 11.4. The number of halogens is 1. The van der Waals surface area contributed by atoms with Crippen molar-refractivity contribution in [1.29, 1.82) is 5.26 Å². The van der Waals surface area contributed by atoms with Gasteiger partial charge in [0.2, 0.25) is 0 Å². The van der Waals surface area contributed by atoms with E-state index in [0.717, 1.165) is 0 Å². The Labute approximate surface area is 189 Å². The molecule has 32 heavy (non-hydrogen) atoms. The van der Waals surface area contributed by atoms with Gasteiger partial charge in [-0.05, 0) is 33.8 Å². The molecule has 1 amide bonds. The Kier molecular flexibility index (Phi) is 5.55. The van der Waals surface area contributed by atoms with Crippen LogP contribution in [-0.4, -0.2) is 57.1 Å². The maximum atomic E-state index is 14.7. The van der Waals surface area contributed by atoms with E-state index < -0.39 is 31.3 Å². The molecule has 1 atom stereocenters. The molecular formula is C22H26FN7O2. The molecular weight excluding hydrogens is 413 g/mol. The SMILES string of the molecule is [2H]C([2H])([2H])OC(C)(C)[C@H](F)CNC(=O)c1cnc(-n2ncc3cc(C#N)cnc32)cc1NC(C)C. The van der Waals surface area contributed by atoms with Gasteiger partial charge in [-0.2, -0.15) is 15.0 Å². The molecule has 0 aliphatic carbocycles. The summed E-state index contributed by atoms with van der Waals surface area (Å²) in [6, 6.07) is 5.27. The lowest BCUT2D eigenvalue weighted by atomic mass is 10.0. The number of rotatable bonds is 8. The molecule has 2 N–H and O–H groups in total. The maximum absolute atomic E-state index is 14.7. The van der Waals surface area contributed by atoms with Crippen LogP contribution in [0.3, 0.4) is 0 Å². The standard InChI is InChI=1S/C22H26FN7O2/c1-13(2)29-17-7-19(30-20-15(10-28-30)6-14(8-24)9-26-20)25-11-16(17)21(31)27-12-18(23)22(3,4)32-5/h6-7,9-11,13,18H,12H2,1-5H3,(H,25,29)(H,27,31)/t18-/m1/s1/i5D3. The number of nitriles is 1. The van der Waals surface area contributed by atoms with Gasteiger partial charge in [-0.25, -0.2) is 14.4 Å². The molecule has 9 nitrogen and oxygen atoms in total. The van der Waals surface area contributed by atoms with Gasteiger partial charge in [-0.15, -0.1) is 0 Å². The Bertz CT molecular complexity index is 1270. The molecule has 168 valence electrons. The maximum Gasteiger partial charge on any atom is 0.255 e. The molecule has 10 heteroatoms. The quantitative estimate of drug-likeness (QED) is 0.551. The van der Waals surface area contributed by atoms with Crippen LogP contribution in [0, 0.1) is 11.3 Å². The predicted octanol–water partition coefficient (Wildman–Crippen LogP) is 3.00. The zero-order valence-corrected chi connectivity index (χ0v) is 18.2. The van der Waals surface area contributed by atoms with Gasteiger partial charge in [0.1, 0.15) is 12.2 Å². The number of pyridine rings is 2. The summed E-state index contributed by atoms with van der Waals surface area (Å²) in [5.41, 5.74) is -0.147. The van der Waals surface area contributed by atoms with Crippen molar-refractivity contribution in [2.75, 3.05) is 18.9 Å². The van der Waals surface area contributed by atoms with E-state index in [1.807, 2.05) is 19.9 Å². The minimum Gasteiger partial charge on any atom is -0.382 e. The fourth-order valence-corrected chi connectivity index (χ4v) is 2.91. The summed E-state index contributed by atoms with van der Waals surface area (Å²) in [6.07, 6.45) is 2.55. The number of methoxy groups -OCH3 is 1. The van der Waals surface area contributed by atoms with Gasteiger partial charge in [-0.1, -0.05) is 0 Å². The Morgan fingerprint density at radius 3 is 2.81 bits per heavy atom. The van der Waals surface area contributed by atoms with Crippen LogP contribution in [0.5, 0.6) is 0 Å². The summed E-state index contributed by atoms with van der Waals surface area (Å²) >= 11 is 0. The molecule has 0 saturated carbocycles. The molecule has 0 bridgehead atoms. The molecule has 0 unspecified atom stereocenters. The molecule has 0 saturated heterocycles. The molecule has 0 aliphatic heterocycles. The number of alkyl halides is 1. The third-order valence-electron chi connectivity index (χ3n) is 4.79. The van der Waals surface area contributed by atoms with Crippen LogP contribution < -0.4 is 10.6 Å². The monoisotopic (exact) mass is 442 g/mol. The second-order valence-corrected chi connectivity index (χ2v) is 8.08. The van der Waals surface area contributed by atoms with Crippen molar-refractivity contribution in [2.45, 2.75) is 45.5 Å². The zero-order valence-electron chi connectivity index (χ0n) is 21.2. The van der Waals surface area contributed by atoms with Crippen molar-refractivity contribution >= 4 is 22.6 Å². The number of anilines is 1. The molecule has 3 aromatic heterocycles. The number of nitrogens with one attached hydrogen (secondary N) is 2. The van der Waals surface area contributed by atoms with Gasteiger partial charge in [0.05, 0.1) is 39.3 Å². The van der Waals surface area contributed by atoms with Crippen LogP contribution in [0.15, 0.2) is 30.7 Å². The topological polar surface area (TPSA) is 118 Å². The van der Waals surface area contributed by atoms with E-state index in [0.29, 0.717) is 28.1 Å². The van der Waals surface area contributed by atoms with E-state index in [9.17, 15) is 9.18 Å².